The van der Waals surface area contributed by atoms with Crippen molar-refractivity contribution in [3.8, 4) is 0 Å². The van der Waals surface area contributed by atoms with E-state index in [4.69, 9.17) is 0 Å². The third-order valence-electron chi connectivity index (χ3n) is 5.01. The maximum Gasteiger partial charge on any atom is 0.230 e. The molecule has 1 N–H and O–H groups in total. The first-order chi connectivity index (χ1) is 15.0. The van der Waals surface area contributed by atoms with Crippen LogP contribution in [0.25, 0.3) is 11.2 Å². The predicted molar refractivity (Wildman–Crippen MR) is 121 cm³/mol. The molecule has 2 heterocycles. The number of imidazole rings is 1. The fraction of sp³-hybridized carbons (Fsp3) is 0.208. The maximum absolute atomic E-state index is 13.1. The van der Waals surface area contributed by atoms with Crippen LogP contribution < -0.4 is 5.32 Å². The van der Waals surface area contributed by atoms with Crippen molar-refractivity contribution >= 4 is 28.8 Å². The van der Waals surface area contributed by atoms with Gasteiger partial charge in [-0.3, -0.25) is 9.36 Å². The summed E-state index contributed by atoms with van der Waals surface area (Å²) in [6, 6.07) is 18.1. The molecule has 0 radical (unpaired) electrons. The summed E-state index contributed by atoms with van der Waals surface area (Å²) < 4.78 is 15.2. The second-order valence-corrected chi connectivity index (χ2v) is 8.38. The molecule has 0 bridgehead atoms. The van der Waals surface area contributed by atoms with Gasteiger partial charge in [-0.15, -0.1) is 0 Å². The molecule has 31 heavy (non-hydrogen) atoms. The molecule has 2 aromatic heterocycles. The van der Waals surface area contributed by atoms with Gasteiger partial charge in [0, 0.05) is 6.20 Å². The molecule has 158 valence electrons. The summed E-state index contributed by atoms with van der Waals surface area (Å²) >= 11 is 1.38. The number of carbonyl (C=O) groups is 1. The van der Waals surface area contributed by atoms with Crippen LogP contribution in [0.2, 0.25) is 0 Å². The number of nitrogens with one attached hydrogen (secondary N) is 1. The zero-order valence-electron chi connectivity index (χ0n) is 17.4. The summed E-state index contributed by atoms with van der Waals surface area (Å²) in [5.41, 5.74) is 4.81. The molecule has 0 unspecified atom stereocenters. The van der Waals surface area contributed by atoms with E-state index in [1.165, 1.54) is 29.5 Å². The van der Waals surface area contributed by atoms with Gasteiger partial charge in [-0.2, -0.15) is 0 Å². The van der Waals surface area contributed by atoms with Crippen LogP contribution in [0.3, 0.4) is 0 Å². The van der Waals surface area contributed by atoms with Crippen molar-refractivity contribution in [2.75, 3.05) is 5.75 Å². The van der Waals surface area contributed by atoms with E-state index in [9.17, 15) is 9.18 Å². The van der Waals surface area contributed by atoms with Gasteiger partial charge < -0.3 is 5.32 Å². The van der Waals surface area contributed by atoms with Gasteiger partial charge in [0.05, 0.1) is 18.3 Å². The van der Waals surface area contributed by atoms with Crippen molar-refractivity contribution in [2.45, 2.75) is 31.6 Å². The number of hydrogen-bond acceptors (Lipinski definition) is 4. The number of halogens is 1. The molecular weight excluding hydrogens is 411 g/mol. The second kappa shape index (κ2) is 9.31. The minimum Gasteiger partial charge on any atom is -0.349 e. The monoisotopic (exact) mass is 434 g/mol. The summed E-state index contributed by atoms with van der Waals surface area (Å²) in [4.78, 5) is 21.7. The third-order valence-corrected chi connectivity index (χ3v) is 5.99. The van der Waals surface area contributed by atoms with Crippen LogP contribution in [0.5, 0.6) is 0 Å². The van der Waals surface area contributed by atoms with Gasteiger partial charge in [0.15, 0.2) is 10.8 Å². The SMILES string of the molecule is Cc1ccc(Cn2c(SCC(=O)N[C@@H](C)c3ccc(F)cc3)nc3cccnc32)cc1. The number of rotatable bonds is 7. The van der Waals surface area contributed by atoms with Crippen molar-refractivity contribution in [1.82, 2.24) is 19.9 Å². The van der Waals surface area contributed by atoms with E-state index in [1.807, 2.05) is 23.6 Å². The van der Waals surface area contributed by atoms with E-state index < -0.39 is 0 Å². The zero-order valence-corrected chi connectivity index (χ0v) is 18.2. The Bertz CT molecular complexity index is 1190. The van der Waals surface area contributed by atoms with Crippen LogP contribution in [0.4, 0.5) is 4.39 Å². The molecule has 0 aliphatic carbocycles. The van der Waals surface area contributed by atoms with E-state index in [0.29, 0.717) is 6.54 Å². The van der Waals surface area contributed by atoms with Gasteiger partial charge in [0.1, 0.15) is 11.3 Å². The summed E-state index contributed by atoms with van der Waals surface area (Å²) in [6.45, 7) is 4.57. The molecule has 0 spiro atoms. The lowest BCUT2D eigenvalue weighted by Gasteiger charge is -2.14. The smallest absolute Gasteiger partial charge is 0.230 e. The van der Waals surface area contributed by atoms with Gasteiger partial charge in [-0.25, -0.2) is 14.4 Å². The molecule has 2 aromatic carbocycles. The second-order valence-electron chi connectivity index (χ2n) is 7.44. The van der Waals surface area contributed by atoms with Crippen LogP contribution in [0, 0.1) is 12.7 Å². The highest BCUT2D eigenvalue weighted by Gasteiger charge is 2.16. The molecule has 0 saturated carbocycles. The van der Waals surface area contributed by atoms with Gasteiger partial charge in [0.2, 0.25) is 5.91 Å². The van der Waals surface area contributed by atoms with E-state index in [0.717, 1.165) is 27.4 Å². The molecule has 1 atom stereocenters. The number of hydrogen-bond donors (Lipinski definition) is 1. The number of pyridine rings is 1. The first-order valence-corrected chi connectivity index (χ1v) is 11.0. The quantitative estimate of drug-likeness (QED) is 0.421. The summed E-state index contributed by atoms with van der Waals surface area (Å²) in [5, 5.41) is 3.71. The molecule has 1 amide bonds. The topological polar surface area (TPSA) is 59.8 Å². The normalized spacial score (nSPS) is 12.1. The number of benzene rings is 2. The highest BCUT2D eigenvalue weighted by molar-refractivity contribution is 7.99. The lowest BCUT2D eigenvalue weighted by atomic mass is 10.1. The third kappa shape index (κ3) is 5.11. The molecule has 0 saturated heterocycles. The highest BCUT2D eigenvalue weighted by Crippen LogP contribution is 2.24. The predicted octanol–water partition coefficient (Wildman–Crippen LogP) is 4.90. The van der Waals surface area contributed by atoms with Crippen molar-refractivity contribution in [3.63, 3.8) is 0 Å². The van der Waals surface area contributed by atoms with Gasteiger partial charge >= 0.3 is 0 Å². The van der Waals surface area contributed by atoms with Gasteiger partial charge in [-0.05, 0) is 49.2 Å². The Morgan fingerprint density at radius 2 is 1.87 bits per heavy atom. The molecule has 5 nitrogen and oxygen atoms in total. The van der Waals surface area contributed by atoms with Gasteiger partial charge in [-0.1, -0.05) is 53.7 Å². The van der Waals surface area contributed by atoms with Crippen LogP contribution in [-0.4, -0.2) is 26.2 Å². The van der Waals surface area contributed by atoms with Crippen molar-refractivity contribution in [1.29, 1.82) is 0 Å². The molecule has 0 aliphatic rings. The Balaban J connectivity index is 1.48. The first-order valence-electron chi connectivity index (χ1n) is 10.0. The molecule has 0 fully saturated rings. The maximum atomic E-state index is 13.1. The number of fused-ring (bicyclic) bond motifs is 1. The molecular formula is C24H23FN4OS. The summed E-state index contributed by atoms with van der Waals surface area (Å²) in [5.74, 6) is -0.175. The Kier molecular flexibility index (Phi) is 6.32. The minimum absolute atomic E-state index is 0.108. The number of amides is 1. The average molecular weight is 435 g/mol. The van der Waals surface area contributed by atoms with Crippen molar-refractivity contribution < 1.29 is 9.18 Å². The Morgan fingerprint density at radius 1 is 1.13 bits per heavy atom. The Labute approximate surface area is 184 Å². The van der Waals surface area contributed by atoms with E-state index >= 15 is 0 Å². The standard InChI is InChI=1S/C24H23FN4OS/c1-16-5-7-18(8-6-16)14-29-23-21(4-3-13-26-23)28-24(29)31-15-22(30)27-17(2)19-9-11-20(25)12-10-19/h3-13,17H,14-15H2,1-2H3,(H,27,30)/t17-/m0/s1. The van der Waals surface area contributed by atoms with E-state index in [-0.39, 0.29) is 23.5 Å². The molecule has 4 rings (SSSR count). The Hall–Kier alpha value is -3.19. The van der Waals surface area contributed by atoms with E-state index in [1.54, 1.807) is 18.3 Å². The first kappa shape index (κ1) is 21.1. The fourth-order valence-corrected chi connectivity index (χ4v) is 4.13. The number of aromatic nitrogens is 3. The minimum atomic E-state index is -0.293. The van der Waals surface area contributed by atoms with Crippen LogP contribution >= 0.6 is 11.8 Å². The fourth-order valence-electron chi connectivity index (χ4n) is 3.31. The van der Waals surface area contributed by atoms with Crippen LogP contribution in [-0.2, 0) is 11.3 Å². The Morgan fingerprint density at radius 3 is 2.61 bits per heavy atom. The number of nitrogens with zero attached hydrogens (tertiary/aromatic N) is 3. The van der Waals surface area contributed by atoms with Crippen molar-refractivity contribution in [3.05, 3.63) is 89.4 Å². The largest absolute Gasteiger partial charge is 0.349 e. The number of carbonyl (C=O) groups excluding carboxylic acids is 1. The molecule has 0 aliphatic heterocycles. The summed E-state index contributed by atoms with van der Waals surface area (Å²) in [7, 11) is 0. The van der Waals surface area contributed by atoms with Crippen LogP contribution in [0.15, 0.2) is 72.0 Å². The molecule has 4 aromatic rings. The lowest BCUT2D eigenvalue weighted by molar-refractivity contribution is -0.119. The molecule has 7 heteroatoms. The average Bonchev–Trinajstić information content (AvgIpc) is 3.11. The number of thioether (sulfide) groups is 1. The lowest BCUT2D eigenvalue weighted by Crippen LogP contribution is -2.28. The van der Waals surface area contributed by atoms with Gasteiger partial charge in [0.25, 0.3) is 0 Å². The highest BCUT2D eigenvalue weighted by atomic mass is 32.2. The van der Waals surface area contributed by atoms with Crippen LogP contribution in [0.1, 0.15) is 29.7 Å². The summed E-state index contributed by atoms with van der Waals surface area (Å²) in [6.07, 6.45) is 1.75. The number of aryl methyl sites for hydroxylation is 1. The van der Waals surface area contributed by atoms with Crippen molar-refractivity contribution in [2.24, 2.45) is 0 Å². The zero-order chi connectivity index (χ0) is 21.8. The van der Waals surface area contributed by atoms with E-state index in [2.05, 4.69) is 46.5 Å².